The summed E-state index contributed by atoms with van der Waals surface area (Å²) in [7, 11) is -2.48. The second-order valence-corrected chi connectivity index (χ2v) is 22.1. The molecule has 0 saturated carbocycles. The molecule has 0 spiro atoms. The van der Waals surface area contributed by atoms with E-state index in [0.717, 1.165) is 31.8 Å². The van der Waals surface area contributed by atoms with E-state index in [1.54, 1.807) is 0 Å². The number of hydrogen-bond acceptors (Lipinski definition) is 3. The van der Waals surface area contributed by atoms with Crippen molar-refractivity contribution in [3.63, 3.8) is 0 Å². The van der Waals surface area contributed by atoms with Crippen LogP contribution in [0.4, 0.5) is 0 Å². The van der Waals surface area contributed by atoms with Crippen molar-refractivity contribution < 1.29 is 13.5 Å². The van der Waals surface area contributed by atoms with Crippen molar-refractivity contribution >= 4 is 54.1 Å². The van der Waals surface area contributed by atoms with Gasteiger partial charge in [-0.05, 0) is 0 Å². The Hall–Kier alpha value is -3.51. The summed E-state index contributed by atoms with van der Waals surface area (Å²) < 4.78 is 14.7. The summed E-state index contributed by atoms with van der Waals surface area (Å²) in [6.07, 6.45) is 0. The van der Waals surface area contributed by atoms with E-state index in [4.69, 9.17) is 8.62 Å². The Kier molecular flexibility index (Phi) is 8.40. The van der Waals surface area contributed by atoms with Gasteiger partial charge in [-0.1, -0.05) is 0 Å². The molecule has 0 radical (unpaired) electrons. The molecule has 0 atom stereocenters. The standard InChI is InChI=1S/C38H37O3P3/c1-43(33-21-9-3-10-22-33,34-23-11-4-12-24-34,35-25-13-5-14-26-35)40-42(39)41-44(2,36-27-15-6-16-28-36,37-29-17-7-18-30-37)38-31-19-8-20-32-38/h3-32,39H,1-2H3. The third-order valence-corrected chi connectivity index (χ3v) is 22.5. The minimum atomic E-state index is -3.78. The van der Waals surface area contributed by atoms with Crippen molar-refractivity contribution in [3.8, 4) is 0 Å². The van der Waals surface area contributed by atoms with Gasteiger partial charge in [0.15, 0.2) is 0 Å². The predicted octanol–water partition coefficient (Wildman–Crippen LogP) is 7.39. The monoisotopic (exact) mass is 634 g/mol. The van der Waals surface area contributed by atoms with Crippen LogP contribution in [0.2, 0.25) is 0 Å². The Bertz CT molecular complexity index is 1470. The molecule has 44 heavy (non-hydrogen) atoms. The summed E-state index contributed by atoms with van der Waals surface area (Å²) >= 11 is 0. The Morgan fingerprint density at radius 1 is 0.341 bits per heavy atom. The fraction of sp³-hybridized carbons (Fsp3) is 0.0526. The molecule has 0 amide bonds. The predicted molar refractivity (Wildman–Crippen MR) is 193 cm³/mol. The molecule has 0 aliphatic heterocycles. The summed E-state index contributed by atoms with van der Waals surface area (Å²) in [4.78, 5) is 12.5. The molecule has 0 aliphatic rings. The van der Waals surface area contributed by atoms with Crippen molar-refractivity contribution in [1.82, 2.24) is 0 Å². The van der Waals surface area contributed by atoms with Crippen LogP contribution in [0.5, 0.6) is 0 Å². The molecular weight excluding hydrogens is 597 g/mol. The first kappa shape index (κ1) is 30.5. The van der Waals surface area contributed by atoms with Crippen molar-refractivity contribution in [3.05, 3.63) is 182 Å². The van der Waals surface area contributed by atoms with Gasteiger partial charge in [-0.2, -0.15) is 0 Å². The van der Waals surface area contributed by atoms with Gasteiger partial charge in [0.1, 0.15) is 0 Å². The quantitative estimate of drug-likeness (QED) is 0.160. The second-order valence-electron chi connectivity index (χ2n) is 11.3. The molecule has 0 fully saturated rings. The molecule has 222 valence electrons. The van der Waals surface area contributed by atoms with Gasteiger partial charge in [0.2, 0.25) is 0 Å². The van der Waals surface area contributed by atoms with Gasteiger partial charge in [0.05, 0.1) is 0 Å². The van der Waals surface area contributed by atoms with E-state index in [2.05, 4.69) is 86.1 Å². The van der Waals surface area contributed by atoms with E-state index in [1.807, 2.05) is 109 Å². The number of benzene rings is 6. The Balaban J connectivity index is 1.62. The molecular formula is C38H37O3P3. The summed E-state index contributed by atoms with van der Waals surface area (Å²) in [6.45, 7) is -3.19. The van der Waals surface area contributed by atoms with Crippen LogP contribution in [0, 0.1) is 0 Å². The SMILES string of the molecule is CP(OP(O)OP(C)(c1ccccc1)(c1ccccc1)c1ccccc1)(c1ccccc1)(c1ccccc1)c1ccccc1. The van der Waals surface area contributed by atoms with E-state index in [0.29, 0.717) is 0 Å². The zero-order valence-corrected chi connectivity index (χ0v) is 27.6. The maximum absolute atomic E-state index is 12.5. The van der Waals surface area contributed by atoms with Crippen LogP contribution in [0.3, 0.4) is 0 Å². The zero-order chi connectivity index (χ0) is 30.6. The molecule has 1 N–H and O–H groups in total. The topological polar surface area (TPSA) is 38.7 Å². The third-order valence-electron chi connectivity index (χ3n) is 8.82. The molecule has 6 rings (SSSR count). The van der Waals surface area contributed by atoms with Crippen LogP contribution < -0.4 is 31.8 Å². The fourth-order valence-corrected chi connectivity index (χ4v) is 18.8. The molecule has 0 unspecified atom stereocenters. The van der Waals surface area contributed by atoms with Crippen LogP contribution in [-0.2, 0) is 8.62 Å². The van der Waals surface area contributed by atoms with E-state index in [1.165, 1.54) is 0 Å². The normalized spacial score (nSPS) is 14.4. The summed E-state index contributed by atoms with van der Waals surface area (Å²) in [5, 5.41) is 6.06. The molecule has 6 aromatic carbocycles. The van der Waals surface area contributed by atoms with Crippen LogP contribution in [0.1, 0.15) is 0 Å². The van der Waals surface area contributed by atoms with Crippen LogP contribution in [-0.4, -0.2) is 18.2 Å². The van der Waals surface area contributed by atoms with Crippen molar-refractivity contribution in [1.29, 1.82) is 0 Å². The molecule has 0 heterocycles. The van der Waals surface area contributed by atoms with E-state index >= 15 is 0 Å². The second kappa shape index (κ2) is 12.1. The van der Waals surface area contributed by atoms with Gasteiger partial charge < -0.3 is 0 Å². The molecule has 0 saturated heterocycles. The van der Waals surface area contributed by atoms with Crippen molar-refractivity contribution in [2.45, 2.75) is 0 Å². The average Bonchev–Trinajstić information content (AvgIpc) is 3.10. The van der Waals surface area contributed by atoms with Crippen molar-refractivity contribution in [2.24, 2.45) is 0 Å². The molecule has 6 heteroatoms. The van der Waals surface area contributed by atoms with Gasteiger partial charge >= 0.3 is 263 Å². The molecule has 3 nitrogen and oxygen atoms in total. The average molecular weight is 635 g/mol. The number of rotatable bonds is 10. The molecule has 6 aromatic rings. The summed E-state index contributed by atoms with van der Waals surface area (Å²) in [5.41, 5.74) is 0. The van der Waals surface area contributed by atoms with Crippen LogP contribution >= 0.6 is 22.3 Å². The molecule has 0 bridgehead atoms. The van der Waals surface area contributed by atoms with E-state index in [9.17, 15) is 4.89 Å². The summed E-state index contributed by atoms with van der Waals surface area (Å²) in [5.74, 6) is 0. The first-order valence-electron chi connectivity index (χ1n) is 14.6. The van der Waals surface area contributed by atoms with Gasteiger partial charge in [-0.15, -0.1) is 0 Å². The van der Waals surface area contributed by atoms with Crippen LogP contribution in [0.25, 0.3) is 0 Å². The van der Waals surface area contributed by atoms with Gasteiger partial charge in [0.25, 0.3) is 0 Å². The van der Waals surface area contributed by atoms with E-state index in [-0.39, 0.29) is 0 Å². The number of hydrogen-bond donors (Lipinski definition) is 1. The first-order valence-corrected chi connectivity index (χ1v) is 21.0. The Morgan fingerprint density at radius 3 is 0.659 bits per heavy atom. The van der Waals surface area contributed by atoms with Gasteiger partial charge in [-0.25, -0.2) is 0 Å². The third kappa shape index (κ3) is 4.95. The zero-order valence-electron chi connectivity index (χ0n) is 24.9. The Labute approximate surface area is 262 Å². The minimum absolute atomic E-state index is 1.01. The summed E-state index contributed by atoms with van der Waals surface area (Å²) in [6, 6.07) is 61.8. The molecule has 0 aromatic heterocycles. The Morgan fingerprint density at radius 2 is 0.500 bits per heavy atom. The van der Waals surface area contributed by atoms with Crippen LogP contribution in [0.15, 0.2) is 182 Å². The first-order chi connectivity index (χ1) is 21.4. The maximum atomic E-state index is 12.5. The van der Waals surface area contributed by atoms with Crippen molar-refractivity contribution in [2.75, 3.05) is 13.3 Å². The van der Waals surface area contributed by atoms with Gasteiger partial charge in [0, 0.05) is 0 Å². The van der Waals surface area contributed by atoms with E-state index < -0.39 is 22.3 Å². The molecule has 0 aliphatic carbocycles. The fourth-order valence-electron chi connectivity index (χ4n) is 6.26. The van der Waals surface area contributed by atoms with Gasteiger partial charge in [-0.3, -0.25) is 0 Å².